The fourth-order valence-electron chi connectivity index (χ4n) is 4.27. The Hall–Kier alpha value is -2.37. The second-order valence-electron chi connectivity index (χ2n) is 8.29. The molecule has 29 heavy (non-hydrogen) atoms. The zero-order valence-corrected chi connectivity index (χ0v) is 17.9. The van der Waals surface area contributed by atoms with Gasteiger partial charge in [-0.15, -0.1) is 0 Å². The molecule has 1 atom stereocenters. The quantitative estimate of drug-likeness (QED) is 0.644. The molecule has 0 saturated carbocycles. The van der Waals surface area contributed by atoms with Gasteiger partial charge in [-0.1, -0.05) is 49.2 Å². The lowest BCUT2D eigenvalue weighted by molar-refractivity contribution is -0.118. The number of allylic oxidation sites excluding steroid dienone is 1. The number of rotatable bonds is 1. The second kappa shape index (κ2) is 7.15. The Morgan fingerprint density at radius 2 is 2.00 bits per heavy atom. The number of amides is 1. The molecule has 4 rings (SSSR count). The van der Waals surface area contributed by atoms with E-state index in [9.17, 15) is 9.59 Å². The van der Waals surface area contributed by atoms with Crippen molar-refractivity contribution in [3.8, 4) is 0 Å². The number of hydrogen-bond acceptors (Lipinski definition) is 4. The maximum absolute atomic E-state index is 13.4. The molecule has 1 aromatic carbocycles. The van der Waals surface area contributed by atoms with E-state index in [1.165, 1.54) is 6.92 Å². The number of halogens is 2. The van der Waals surface area contributed by atoms with Gasteiger partial charge < -0.3 is 5.32 Å². The number of aromatic nitrogens is 1. The van der Waals surface area contributed by atoms with Gasteiger partial charge in [0.2, 0.25) is 5.91 Å². The number of carbonyl (C=O) groups excluding carboxylic acids is 2. The van der Waals surface area contributed by atoms with Crippen molar-refractivity contribution in [1.29, 1.82) is 0 Å². The molecule has 1 aliphatic heterocycles. The van der Waals surface area contributed by atoms with Crippen molar-refractivity contribution in [2.24, 2.45) is 5.41 Å². The molecule has 1 unspecified atom stereocenters. The molecule has 0 radical (unpaired) electrons. The Labute approximate surface area is 179 Å². The summed E-state index contributed by atoms with van der Waals surface area (Å²) in [6.45, 7) is 5.61. The van der Waals surface area contributed by atoms with Crippen molar-refractivity contribution in [2.45, 2.75) is 39.7 Å². The van der Waals surface area contributed by atoms with Gasteiger partial charge in [-0.3, -0.25) is 19.5 Å². The van der Waals surface area contributed by atoms with Crippen LogP contribution in [0.3, 0.4) is 0 Å². The van der Waals surface area contributed by atoms with Crippen LogP contribution in [0.1, 0.15) is 45.2 Å². The van der Waals surface area contributed by atoms with Crippen LogP contribution in [0.25, 0.3) is 0 Å². The number of nitrogens with zero attached hydrogens (tertiary/aromatic N) is 2. The Morgan fingerprint density at radius 1 is 1.24 bits per heavy atom. The van der Waals surface area contributed by atoms with Crippen molar-refractivity contribution in [1.82, 2.24) is 4.98 Å². The number of Topliss-reactive ketones (excluding diaryl/α,β-unsaturated/α-hetero) is 1. The lowest BCUT2D eigenvalue weighted by atomic mass is 9.73. The van der Waals surface area contributed by atoms with Gasteiger partial charge in [-0.2, -0.15) is 0 Å². The highest BCUT2D eigenvalue weighted by Crippen LogP contribution is 2.49. The molecule has 1 aromatic heterocycles. The monoisotopic (exact) mass is 429 g/mol. The third kappa shape index (κ3) is 3.43. The van der Waals surface area contributed by atoms with Gasteiger partial charge in [-0.05, 0) is 29.5 Å². The summed E-state index contributed by atoms with van der Waals surface area (Å²) in [5.41, 5.74) is 3.11. The van der Waals surface area contributed by atoms with E-state index < -0.39 is 6.04 Å². The molecule has 150 valence electrons. The summed E-state index contributed by atoms with van der Waals surface area (Å²) in [5, 5.41) is 4.11. The number of benzene rings is 1. The molecular weight excluding hydrogens is 409 g/mol. The highest BCUT2D eigenvalue weighted by Gasteiger charge is 2.43. The second-order valence-corrected chi connectivity index (χ2v) is 9.07. The maximum Gasteiger partial charge on any atom is 0.224 e. The molecule has 7 heteroatoms. The summed E-state index contributed by atoms with van der Waals surface area (Å²) < 4.78 is 0. The number of pyridine rings is 1. The molecule has 2 aromatic rings. The van der Waals surface area contributed by atoms with Crippen molar-refractivity contribution in [3.63, 3.8) is 0 Å². The third-order valence-electron chi connectivity index (χ3n) is 5.41. The van der Waals surface area contributed by atoms with Crippen LogP contribution in [0.5, 0.6) is 0 Å². The maximum atomic E-state index is 13.4. The number of nitrogens with one attached hydrogen (secondary N) is 1. The Morgan fingerprint density at radius 3 is 2.72 bits per heavy atom. The third-order valence-corrected chi connectivity index (χ3v) is 6.24. The fourth-order valence-corrected chi connectivity index (χ4v) is 4.68. The highest BCUT2D eigenvalue weighted by atomic mass is 35.5. The number of ketones is 1. The van der Waals surface area contributed by atoms with Crippen LogP contribution in [0.15, 0.2) is 47.9 Å². The van der Waals surface area contributed by atoms with Crippen molar-refractivity contribution >= 4 is 46.3 Å². The molecule has 1 N–H and O–H groups in total. The first-order valence-corrected chi connectivity index (χ1v) is 10.2. The predicted molar refractivity (Wildman–Crippen MR) is 115 cm³/mol. The molecule has 0 spiro atoms. The molecule has 0 saturated heterocycles. The number of fused-ring (bicyclic) bond motifs is 1. The van der Waals surface area contributed by atoms with E-state index in [4.69, 9.17) is 23.2 Å². The van der Waals surface area contributed by atoms with E-state index in [0.717, 1.165) is 5.70 Å². The molecular formula is C22H21Cl2N3O2. The number of anilines is 2. The minimum atomic E-state index is -0.673. The van der Waals surface area contributed by atoms with Crippen LogP contribution in [-0.4, -0.2) is 16.7 Å². The summed E-state index contributed by atoms with van der Waals surface area (Å²) in [5.74, 6) is -0.205. The zero-order valence-electron chi connectivity index (χ0n) is 16.4. The van der Waals surface area contributed by atoms with Gasteiger partial charge in [0.25, 0.3) is 0 Å². The van der Waals surface area contributed by atoms with Crippen LogP contribution in [-0.2, 0) is 9.59 Å². The fraction of sp³-hybridized carbons (Fsp3) is 0.318. The molecule has 1 aliphatic carbocycles. The molecule has 0 bridgehead atoms. The van der Waals surface area contributed by atoms with Crippen LogP contribution < -0.4 is 10.2 Å². The van der Waals surface area contributed by atoms with Crippen molar-refractivity contribution in [3.05, 3.63) is 63.5 Å². The minimum Gasteiger partial charge on any atom is -0.356 e. The smallest absolute Gasteiger partial charge is 0.224 e. The molecule has 2 heterocycles. The van der Waals surface area contributed by atoms with E-state index >= 15 is 0 Å². The molecule has 5 nitrogen and oxygen atoms in total. The standard InChI is InChI=1S/C22H21Cl2N3O2/c1-12(28)27-17-7-8-25-11-16(17)26-15-9-22(2,3)10-18(29)19(15)21(27)13-5-4-6-14(23)20(13)24/h4-8,11,21,26H,9-10H2,1-3H3. The van der Waals surface area contributed by atoms with Crippen LogP contribution in [0.4, 0.5) is 11.4 Å². The topological polar surface area (TPSA) is 62.3 Å². The zero-order chi connectivity index (χ0) is 20.9. The van der Waals surface area contributed by atoms with Crippen LogP contribution in [0.2, 0.25) is 10.0 Å². The Bertz CT molecular complexity index is 1060. The van der Waals surface area contributed by atoms with Gasteiger partial charge in [0, 0.05) is 30.8 Å². The summed E-state index contributed by atoms with van der Waals surface area (Å²) in [6, 6.07) is 6.39. The van der Waals surface area contributed by atoms with Gasteiger partial charge in [-0.25, -0.2) is 0 Å². The largest absolute Gasteiger partial charge is 0.356 e. The SMILES string of the molecule is CC(=O)N1c2ccncc2NC2=C(C(=O)CC(C)(C)C2)C1c1cccc(Cl)c1Cl. The van der Waals surface area contributed by atoms with E-state index in [0.29, 0.717) is 45.4 Å². The number of carbonyl (C=O) groups is 2. The lowest BCUT2D eigenvalue weighted by Gasteiger charge is -2.37. The minimum absolute atomic E-state index is 0.00296. The van der Waals surface area contributed by atoms with Crippen molar-refractivity contribution in [2.75, 3.05) is 10.2 Å². The summed E-state index contributed by atoms with van der Waals surface area (Å²) in [7, 11) is 0. The summed E-state index contributed by atoms with van der Waals surface area (Å²) in [4.78, 5) is 32.1. The average Bonchev–Trinajstić information content (AvgIpc) is 2.77. The van der Waals surface area contributed by atoms with E-state index in [2.05, 4.69) is 24.1 Å². The van der Waals surface area contributed by atoms with Gasteiger partial charge in [0.15, 0.2) is 5.78 Å². The first kappa shape index (κ1) is 19.9. The van der Waals surface area contributed by atoms with E-state index in [1.54, 1.807) is 35.5 Å². The lowest BCUT2D eigenvalue weighted by Crippen LogP contribution is -2.38. The predicted octanol–water partition coefficient (Wildman–Crippen LogP) is 5.55. The molecule has 2 aliphatic rings. The first-order chi connectivity index (χ1) is 13.7. The molecule has 0 fully saturated rings. The van der Waals surface area contributed by atoms with Crippen LogP contribution in [0, 0.1) is 5.41 Å². The van der Waals surface area contributed by atoms with E-state index in [-0.39, 0.29) is 17.1 Å². The average molecular weight is 430 g/mol. The van der Waals surface area contributed by atoms with Crippen LogP contribution >= 0.6 is 23.2 Å². The highest BCUT2D eigenvalue weighted by molar-refractivity contribution is 6.42. The normalized spacial score (nSPS) is 20.5. The molecule has 1 amide bonds. The first-order valence-electron chi connectivity index (χ1n) is 9.40. The Balaban J connectivity index is 2.05. The summed E-state index contributed by atoms with van der Waals surface area (Å²) in [6.07, 6.45) is 4.36. The van der Waals surface area contributed by atoms with Gasteiger partial charge in [0.05, 0.1) is 33.7 Å². The number of hydrogen-bond donors (Lipinski definition) is 1. The Kier molecular flexibility index (Phi) is 4.91. The summed E-state index contributed by atoms with van der Waals surface area (Å²) >= 11 is 12.9. The van der Waals surface area contributed by atoms with Gasteiger partial charge >= 0.3 is 0 Å². The van der Waals surface area contributed by atoms with E-state index in [1.807, 2.05) is 6.07 Å². The van der Waals surface area contributed by atoms with Gasteiger partial charge in [0.1, 0.15) is 0 Å². The van der Waals surface area contributed by atoms with Crippen molar-refractivity contribution < 1.29 is 9.59 Å².